The number of halogens is 1. The topological polar surface area (TPSA) is 103 Å². The summed E-state index contributed by atoms with van der Waals surface area (Å²) in [5.41, 5.74) is 1.45. The molecule has 0 bridgehead atoms. The summed E-state index contributed by atoms with van der Waals surface area (Å²) in [7, 11) is 0. The van der Waals surface area contributed by atoms with E-state index in [0.717, 1.165) is 42.8 Å². The van der Waals surface area contributed by atoms with E-state index in [4.69, 9.17) is 21.7 Å². The fraction of sp³-hybridized carbons (Fsp3) is 0.478. The largest absolute Gasteiger partial charge is 0.381 e. The van der Waals surface area contributed by atoms with Crippen molar-refractivity contribution in [3.8, 4) is 0 Å². The highest BCUT2D eigenvalue weighted by atomic mass is 35.5. The summed E-state index contributed by atoms with van der Waals surface area (Å²) in [6.45, 7) is 3.15. The van der Waals surface area contributed by atoms with Crippen LogP contribution in [0, 0.1) is 5.41 Å². The van der Waals surface area contributed by atoms with Gasteiger partial charge >= 0.3 is 0 Å². The van der Waals surface area contributed by atoms with Crippen LogP contribution in [0.15, 0.2) is 30.6 Å². The third kappa shape index (κ3) is 4.04. The number of anilines is 2. The van der Waals surface area contributed by atoms with Gasteiger partial charge in [-0.15, -0.1) is 0 Å². The van der Waals surface area contributed by atoms with Crippen molar-refractivity contribution in [2.24, 2.45) is 0 Å². The van der Waals surface area contributed by atoms with E-state index in [1.54, 1.807) is 17.3 Å². The van der Waals surface area contributed by atoms with Crippen molar-refractivity contribution in [1.29, 1.82) is 5.41 Å². The number of amides is 1. The van der Waals surface area contributed by atoms with Gasteiger partial charge in [-0.05, 0) is 44.2 Å². The normalized spacial score (nSPS) is 24.4. The SMILES string of the molecule is C[C@@]1(c2cccc(Nc3cnc(C4CC4)nc3)c2Cl)CC(=O)N(C2CCOCC2)C(=N)N1. The van der Waals surface area contributed by atoms with E-state index in [1.165, 1.54) is 0 Å². The summed E-state index contributed by atoms with van der Waals surface area (Å²) in [6, 6.07) is 5.68. The summed E-state index contributed by atoms with van der Waals surface area (Å²) in [5.74, 6) is 1.44. The third-order valence-electron chi connectivity index (χ3n) is 6.45. The zero-order valence-corrected chi connectivity index (χ0v) is 18.8. The number of benzene rings is 1. The minimum atomic E-state index is -0.781. The van der Waals surface area contributed by atoms with E-state index in [2.05, 4.69) is 20.6 Å². The zero-order valence-electron chi connectivity index (χ0n) is 18.0. The van der Waals surface area contributed by atoms with Crippen molar-refractivity contribution in [3.05, 3.63) is 47.0 Å². The smallest absolute Gasteiger partial charge is 0.232 e. The highest BCUT2D eigenvalue weighted by Gasteiger charge is 2.43. The minimum Gasteiger partial charge on any atom is -0.381 e. The van der Waals surface area contributed by atoms with Crippen LogP contribution in [0.3, 0.4) is 0 Å². The van der Waals surface area contributed by atoms with Crippen LogP contribution in [0.2, 0.25) is 5.02 Å². The summed E-state index contributed by atoms with van der Waals surface area (Å²) in [5, 5.41) is 15.6. The predicted octanol–water partition coefficient (Wildman–Crippen LogP) is 3.90. The van der Waals surface area contributed by atoms with E-state index in [9.17, 15) is 4.79 Å². The van der Waals surface area contributed by atoms with Crippen LogP contribution in [0.1, 0.15) is 56.3 Å². The highest BCUT2D eigenvalue weighted by Crippen LogP contribution is 2.40. The number of ether oxygens (including phenoxy) is 1. The average Bonchev–Trinajstić information content (AvgIpc) is 3.61. The number of hydrogen-bond acceptors (Lipinski definition) is 6. The number of hydrogen-bond donors (Lipinski definition) is 3. The molecule has 2 saturated heterocycles. The molecular formula is C23H27ClN6O2. The Morgan fingerprint density at radius 3 is 2.59 bits per heavy atom. The lowest BCUT2D eigenvalue weighted by atomic mass is 9.85. The maximum Gasteiger partial charge on any atom is 0.232 e. The van der Waals surface area contributed by atoms with Crippen LogP contribution in [-0.4, -0.2) is 46.0 Å². The number of carbonyl (C=O) groups is 1. The Bertz CT molecular complexity index is 1020. The number of guanidine groups is 1. The van der Waals surface area contributed by atoms with Crippen molar-refractivity contribution >= 4 is 34.8 Å². The standard InChI is InChI=1S/C23H27ClN6O2/c1-23(11-19(31)30(22(25)29-23)16-7-9-32-10-8-16)17-3-2-4-18(20(17)24)28-15-12-26-21(27-13-15)14-5-6-14/h2-4,12-14,16,28H,5-11H2,1H3,(H2,25,29)/t23-/m0/s1. The molecule has 1 amide bonds. The number of aromatic nitrogens is 2. The van der Waals surface area contributed by atoms with Gasteiger partial charge in [-0.1, -0.05) is 23.7 Å². The summed E-state index contributed by atoms with van der Waals surface area (Å²) in [6.07, 6.45) is 7.57. The van der Waals surface area contributed by atoms with E-state index >= 15 is 0 Å². The van der Waals surface area contributed by atoms with Gasteiger partial charge in [-0.25, -0.2) is 9.97 Å². The predicted molar refractivity (Wildman–Crippen MR) is 122 cm³/mol. The Kier molecular flexibility index (Phi) is 5.51. The summed E-state index contributed by atoms with van der Waals surface area (Å²) >= 11 is 6.80. The zero-order chi connectivity index (χ0) is 22.3. The molecule has 8 nitrogen and oxygen atoms in total. The second-order valence-electron chi connectivity index (χ2n) is 8.99. The molecule has 3 aliphatic rings. The van der Waals surface area contributed by atoms with Crippen molar-refractivity contribution in [2.75, 3.05) is 18.5 Å². The van der Waals surface area contributed by atoms with Gasteiger partial charge in [-0.3, -0.25) is 15.1 Å². The molecule has 0 spiro atoms. The maximum absolute atomic E-state index is 13.1. The molecule has 1 aliphatic carbocycles. The first-order valence-corrected chi connectivity index (χ1v) is 11.5. The van der Waals surface area contributed by atoms with Crippen LogP contribution in [0.25, 0.3) is 0 Å². The van der Waals surface area contributed by atoms with Crippen LogP contribution < -0.4 is 10.6 Å². The van der Waals surface area contributed by atoms with E-state index in [0.29, 0.717) is 29.8 Å². The van der Waals surface area contributed by atoms with E-state index in [1.807, 2.05) is 25.1 Å². The molecule has 2 aliphatic heterocycles. The molecule has 3 fully saturated rings. The maximum atomic E-state index is 13.1. The molecule has 0 unspecified atom stereocenters. The summed E-state index contributed by atoms with van der Waals surface area (Å²) < 4.78 is 5.41. The molecule has 1 atom stereocenters. The fourth-order valence-corrected chi connectivity index (χ4v) is 4.92. The van der Waals surface area contributed by atoms with Crippen molar-refractivity contribution in [3.63, 3.8) is 0 Å². The Balaban J connectivity index is 1.36. The molecule has 1 saturated carbocycles. The number of carbonyl (C=O) groups excluding carboxylic acids is 1. The molecular weight excluding hydrogens is 428 g/mol. The lowest BCUT2D eigenvalue weighted by Gasteiger charge is -2.45. The first-order chi connectivity index (χ1) is 15.4. The number of rotatable bonds is 5. The monoisotopic (exact) mass is 454 g/mol. The molecule has 5 rings (SSSR count). The average molecular weight is 455 g/mol. The Morgan fingerprint density at radius 1 is 1.22 bits per heavy atom. The highest BCUT2D eigenvalue weighted by molar-refractivity contribution is 6.34. The van der Waals surface area contributed by atoms with Gasteiger partial charge in [0.1, 0.15) is 5.82 Å². The Morgan fingerprint density at radius 2 is 1.94 bits per heavy atom. The summed E-state index contributed by atoms with van der Waals surface area (Å²) in [4.78, 5) is 23.6. The van der Waals surface area contributed by atoms with Gasteiger partial charge in [-0.2, -0.15) is 0 Å². The molecule has 2 aromatic rings. The van der Waals surface area contributed by atoms with E-state index < -0.39 is 5.54 Å². The second kappa shape index (κ2) is 8.33. The van der Waals surface area contributed by atoms with Crippen LogP contribution in [0.4, 0.5) is 11.4 Å². The lowest BCUT2D eigenvalue weighted by Crippen LogP contribution is -2.62. The molecule has 1 aromatic carbocycles. The van der Waals surface area contributed by atoms with Crippen molar-refractivity contribution in [1.82, 2.24) is 20.2 Å². The second-order valence-corrected chi connectivity index (χ2v) is 9.36. The molecule has 168 valence electrons. The number of nitrogens with one attached hydrogen (secondary N) is 3. The molecule has 3 N–H and O–H groups in total. The van der Waals surface area contributed by atoms with Crippen LogP contribution >= 0.6 is 11.6 Å². The fourth-order valence-electron chi connectivity index (χ4n) is 4.54. The van der Waals surface area contributed by atoms with Gasteiger partial charge < -0.3 is 15.4 Å². The first-order valence-electron chi connectivity index (χ1n) is 11.1. The minimum absolute atomic E-state index is 0.00267. The lowest BCUT2D eigenvalue weighted by molar-refractivity contribution is -0.133. The van der Waals surface area contributed by atoms with E-state index in [-0.39, 0.29) is 24.3 Å². The molecule has 1 aromatic heterocycles. The van der Waals surface area contributed by atoms with Crippen LogP contribution in [0.5, 0.6) is 0 Å². The van der Waals surface area contributed by atoms with Crippen molar-refractivity contribution < 1.29 is 9.53 Å². The Labute approximate surface area is 192 Å². The van der Waals surface area contributed by atoms with Gasteiger partial charge in [0.15, 0.2) is 5.96 Å². The quantitative estimate of drug-likeness (QED) is 0.633. The molecule has 0 radical (unpaired) electrons. The van der Waals surface area contributed by atoms with Crippen molar-refractivity contribution in [2.45, 2.75) is 56.5 Å². The van der Waals surface area contributed by atoms with Gasteiger partial charge in [0, 0.05) is 25.2 Å². The number of nitrogens with zero attached hydrogens (tertiary/aromatic N) is 3. The molecule has 9 heteroatoms. The van der Waals surface area contributed by atoms with Gasteiger partial charge in [0.05, 0.1) is 40.8 Å². The van der Waals surface area contributed by atoms with Crippen LogP contribution in [-0.2, 0) is 15.1 Å². The van der Waals surface area contributed by atoms with Gasteiger partial charge in [0.25, 0.3) is 0 Å². The van der Waals surface area contributed by atoms with Gasteiger partial charge in [0.2, 0.25) is 5.91 Å². The Hall–Kier alpha value is -2.71. The third-order valence-corrected chi connectivity index (χ3v) is 6.86. The molecule has 32 heavy (non-hydrogen) atoms. The first kappa shape index (κ1) is 21.2. The molecule has 3 heterocycles.